The topological polar surface area (TPSA) is 150 Å². The molecule has 0 aromatic carbocycles. The Kier molecular flexibility index (Phi) is 13.4. The highest BCUT2D eigenvalue weighted by molar-refractivity contribution is 5.77. The lowest BCUT2D eigenvalue weighted by Crippen LogP contribution is -3.00. The van der Waals surface area contributed by atoms with Gasteiger partial charge in [-0.25, -0.2) is 0 Å². The molecule has 0 aliphatic carbocycles. The number of carboxylic acid groups (broad SMARTS) is 1. The van der Waals surface area contributed by atoms with Crippen molar-refractivity contribution in [3.05, 3.63) is 0 Å². The van der Waals surface area contributed by atoms with Gasteiger partial charge in [-0.2, -0.15) is 5.26 Å². The van der Waals surface area contributed by atoms with Gasteiger partial charge in [-0.3, -0.25) is 4.79 Å². The second kappa shape index (κ2) is 8.44. The first kappa shape index (κ1) is 23.7. The Balaban J connectivity index is -0.0000000718. The van der Waals surface area contributed by atoms with Gasteiger partial charge < -0.3 is 35.1 Å². The third-order valence-electron chi connectivity index (χ3n) is 0.854. The van der Waals surface area contributed by atoms with E-state index in [1.54, 1.807) is 13.8 Å². The molecule has 0 saturated carbocycles. The van der Waals surface area contributed by atoms with E-state index in [1.807, 2.05) is 6.07 Å². The monoisotopic (exact) mass is 240 g/mol. The van der Waals surface area contributed by atoms with Crippen molar-refractivity contribution in [3.63, 3.8) is 0 Å². The fourth-order valence-corrected chi connectivity index (χ4v) is 0. The number of nitrogens with zero attached hydrogens (tertiary/aromatic N) is 1. The van der Waals surface area contributed by atoms with Crippen molar-refractivity contribution in [2.45, 2.75) is 38.8 Å². The van der Waals surface area contributed by atoms with Crippen LogP contribution in [0.25, 0.3) is 0 Å². The molecule has 0 heterocycles. The standard InChI is InChI=1S/C4H8N2.C4H9NO2.ClH.H3N/c1-4(2,6)3-5;1-4(2,5)3(6)7;;/h6H2,1-2H3;5H2,1-2H3,(H,6,7);1H;1H3. The SMILES string of the molecule is CC(C)(N)C(=O)O.CC(C)([NH3+])C#N.N.[Cl-]. The molecule has 0 rings (SSSR count). The minimum atomic E-state index is -1.08. The zero-order valence-corrected chi connectivity index (χ0v) is 10.4. The molecule has 92 valence electrons. The summed E-state index contributed by atoms with van der Waals surface area (Å²) in [6.07, 6.45) is 0. The molecule has 0 radical (unpaired) electrons. The summed E-state index contributed by atoms with van der Waals surface area (Å²) in [5, 5.41) is 16.2. The average Bonchev–Trinajstić information content (AvgIpc) is 1.85. The lowest BCUT2D eigenvalue weighted by atomic mass is 10.1. The predicted octanol–water partition coefficient (Wildman–Crippen LogP) is -3.50. The smallest absolute Gasteiger partial charge is 0.323 e. The van der Waals surface area contributed by atoms with Crippen molar-refractivity contribution in [2.75, 3.05) is 0 Å². The van der Waals surface area contributed by atoms with Gasteiger partial charge in [0.1, 0.15) is 11.6 Å². The second-order valence-corrected chi connectivity index (χ2v) is 4.02. The van der Waals surface area contributed by atoms with Crippen LogP contribution in [0.3, 0.4) is 0 Å². The summed E-state index contributed by atoms with van der Waals surface area (Å²) in [5.41, 5.74) is 7.12. The van der Waals surface area contributed by atoms with Crippen LogP contribution in [0, 0.1) is 11.3 Å². The molecule has 0 saturated heterocycles. The van der Waals surface area contributed by atoms with Gasteiger partial charge in [0.25, 0.3) is 0 Å². The third-order valence-corrected chi connectivity index (χ3v) is 0.854. The number of hydrogen-bond donors (Lipinski definition) is 4. The number of carbonyl (C=O) groups is 1. The first-order chi connectivity index (χ1) is 5.50. The molecule has 0 fully saturated rings. The Morgan fingerprint density at radius 3 is 1.53 bits per heavy atom. The van der Waals surface area contributed by atoms with E-state index in [0.717, 1.165) is 0 Å². The van der Waals surface area contributed by atoms with Crippen LogP contribution in [0.5, 0.6) is 0 Å². The van der Waals surface area contributed by atoms with E-state index in [1.165, 1.54) is 13.8 Å². The van der Waals surface area contributed by atoms with E-state index >= 15 is 0 Å². The van der Waals surface area contributed by atoms with Crippen LogP contribution in [-0.4, -0.2) is 22.2 Å². The summed E-state index contributed by atoms with van der Waals surface area (Å²) in [7, 11) is 0. The van der Waals surface area contributed by atoms with E-state index in [4.69, 9.17) is 16.1 Å². The summed E-state index contributed by atoms with van der Waals surface area (Å²) in [6, 6.07) is 1.99. The van der Waals surface area contributed by atoms with Crippen molar-refractivity contribution in [2.24, 2.45) is 5.73 Å². The van der Waals surface area contributed by atoms with Gasteiger partial charge in [-0.15, -0.1) is 0 Å². The lowest BCUT2D eigenvalue weighted by molar-refractivity contribution is -0.443. The molecule has 0 aliphatic rings. The van der Waals surface area contributed by atoms with E-state index in [9.17, 15) is 4.79 Å². The summed E-state index contributed by atoms with van der Waals surface area (Å²) in [4.78, 5) is 9.90. The summed E-state index contributed by atoms with van der Waals surface area (Å²) in [6.45, 7) is 6.42. The fraction of sp³-hybridized carbons (Fsp3) is 0.750. The molecule has 0 bridgehead atoms. The minimum Gasteiger partial charge on any atom is -1.00 e. The quantitative estimate of drug-likeness (QED) is 0.375. The maximum Gasteiger partial charge on any atom is 0.323 e. The van der Waals surface area contributed by atoms with Crippen molar-refractivity contribution in [1.82, 2.24) is 6.15 Å². The zero-order chi connectivity index (χ0) is 11.3. The molecule has 0 aliphatic heterocycles. The fourth-order valence-electron chi connectivity index (χ4n) is 0. The van der Waals surface area contributed by atoms with Gasteiger partial charge >= 0.3 is 5.97 Å². The Hall–Kier alpha value is -0.870. The minimum absolute atomic E-state index is 0. The number of rotatable bonds is 1. The van der Waals surface area contributed by atoms with Crippen molar-refractivity contribution < 1.29 is 28.0 Å². The Bertz CT molecular complexity index is 212. The van der Waals surface area contributed by atoms with Crippen molar-refractivity contribution in [1.29, 1.82) is 5.26 Å². The van der Waals surface area contributed by atoms with Crippen molar-refractivity contribution >= 4 is 5.97 Å². The number of nitrogens with two attached hydrogens (primary N) is 1. The highest BCUT2D eigenvalue weighted by atomic mass is 35.5. The summed E-state index contributed by atoms with van der Waals surface area (Å²) >= 11 is 0. The van der Waals surface area contributed by atoms with E-state index in [0.29, 0.717) is 0 Å². The van der Waals surface area contributed by atoms with Crippen LogP contribution in [0.15, 0.2) is 0 Å². The van der Waals surface area contributed by atoms with Crippen LogP contribution in [-0.2, 0) is 4.79 Å². The number of quaternary nitrogens is 1. The molecule has 0 aromatic heterocycles. The van der Waals surface area contributed by atoms with Crippen LogP contribution < -0.4 is 30.0 Å². The van der Waals surface area contributed by atoms with Crippen molar-refractivity contribution in [3.8, 4) is 6.07 Å². The van der Waals surface area contributed by atoms with Gasteiger partial charge in [0, 0.05) is 13.8 Å². The first-order valence-corrected chi connectivity index (χ1v) is 3.79. The van der Waals surface area contributed by atoms with E-state index in [2.05, 4.69) is 5.73 Å². The number of hydrogen-bond acceptors (Lipinski definition) is 4. The molecular weight excluding hydrogens is 220 g/mol. The Labute approximate surface area is 96.6 Å². The van der Waals surface area contributed by atoms with Gasteiger partial charge in [-0.05, 0) is 13.8 Å². The third kappa shape index (κ3) is 24.6. The van der Waals surface area contributed by atoms with Gasteiger partial charge in [-0.1, -0.05) is 0 Å². The highest BCUT2D eigenvalue weighted by Gasteiger charge is 2.19. The number of aliphatic carboxylic acids is 1. The maximum absolute atomic E-state index is 9.90. The molecular formula is C8H21ClN4O2. The number of nitriles is 1. The summed E-state index contributed by atoms with van der Waals surface area (Å²) < 4.78 is 0. The van der Waals surface area contributed by atoms with Crippen LogP contribution in [0.4, 0.5) is 0 Å². The molecule has 7 heteroatoms. The molecule has 0 spiro atoms. The molecule has 15 heavy (non-hydrogen) atoms. The van der Waals surface area contributed by atoms with Gasteiger partial charge in [0.2, 0.25) is 0 Å². The Morgan fingerprint density at radius 2 is 1.53 bits per heavy atom. The zero-order valence-electron chi connectivity index (χ0n) is 9.67. The molecule has 0 unspecified atom stereocenters. The molecule has 9 N–H and O–H groups in total. The second-order valence-electron chi connectivity index (χ2n) is 4.02. The molecule has 0 atom stereocenters. The predicted molar refractivity (Wildman–Crippen MR) is 53.5 cm³/mol. The Morgan fingerprint density at radius 1 is 1.40 bits per heavy atom. The van der Waals surface area contributed by atoms with Crippen LogP contribution in [0.2, 0.25) is 0 Å². The number of halogens is 1. The normalized spacial score (nSPS) is 9.40. The maximum atomic E-state index is 9.90. The lowest BCUT2D eigenvalue weighted by Gasteiger charge is -2.09. The average molecular weight is 241 g/mol. The molecule has 0 aromatic rings. The van der Waals surface area contributed by atoms with Crippen LogP contribution >= 0.6 is 0 Å². The van der Waals surface area contributed by atoms with E-state index in [-0.39, 0.29) is 18.6 Å². The van der Waals surface area contributed by atoms with Gasteiger partial charge in [0.05, 0.1) is 0 Å². The molecule has 0 amide bonds. The largest absolute Gasteiger partial charge is 1.00 e. The first-order valence-electron chi connectivity index (χ1n) is 3.79. The van der Waals surface area contributed by atoms with E-state index < -0.39 is 17.0 Å². The molecule has 6 nitrogen and oxygen atoms in total. The highest BCUT2D eigenvalue weighted by Crippen LogP contribution is 1.93. The van der Waals surface area contributed by atoms with Gasteiger partial charge in [0.15, 0.2) is 5.54 Å². The number of carboxylic acids is 1. The summed E-state index contributed by atoms with van der Waals surface area (Å²) in [5.74, 6) is -0.979. The van der Waals surface area contributed by atoms with Crippen LogP contribution in [0.1, 0.15) is 27.7 Å².